The molecule has 94 valence electrons. The van der Waals surface area contributed by atoms with Crippen LogP contribution in [0.2, 0.25) is 0 Å². The van der Waals surface area contributed by atoms with E-state index < -0.39 is 5.97 Å². The summed E-state index contributed by atoms with van der Waals surface area (Å²) in [5.74, 6) is -0.514. The molecule has 0 bridgehead atoms. The van der Waals surface area contributed by atoms with E-state index in [0.717, 1.165) is 42.8 Å². The fourth-order valence-corrected chi connectivity index (χ4v) is 3.35. The Morgan fingerprint density at radius 3 is 2.88 bits per heavy atom. The molecule has 1 aromatic rings. The molecule has 2 atom stereocenters. The van der Waals surface area contributed by atoms with Crippen LogP contribution in [0.4, 0.5) is 0 Å². The summed E-state index contributed by atoms with van der Waals surface area (Å²) in [6, 6.07) is 0. The highest BCUT2D eigenvalue weighted by Gasteiger charge is 2.29. The Morgan fingerprint density at radius 2 is 2.24 bits per heavy atom. The number of aliphatic carboxylic acids is 1. The third-order valence-corrected chi connectivity index (χ3v) is 4.44. The molecule has 1 aliphatic rings. The van der Waals surface area contributed by atoms with Gasteiger partial charge in [-0.25, -0.2) is 4.98 Å². The lowest BCUT2D eigenvalue weighted by atomic mass is 9.85. The highest BCUT2D eigenvalue weighted by Crippen LogP contribution is 2.31. The van der Waals surface area contributed by atoms with Gasteiger partial charge in [0.1, 0.15) is 0 Å². The molecular weight excluding hydrogens is 234 g/mol. The van der Waals surface area contributed by atoms with Crippen molar-refractivity contribution in [3.63, 3.8) is 0 Å². The van der Waals surface area contributed by atoms with Crippen molar-refractivity contribution in [3.05, 3.63) is 16.1 Å². The first-order valence-corrected chi connectivity index (χ1v) is 7.18. The first-order valence-electron chi connectivity index (χ1n) is 6.30. The molecule has 17 heavy (non-hydrogen) atoms. The number of thiazole rings is 1. The van der Waals surface area contributed by atoms with Crippen molar-refractivity contribution in [1.82, 2.24) is 4.98 Å². The van der Waals surface area contributed by atoms with Crippen LogP contribution in [0.25, 0.3) is 0 Å². The van der Waals surface area contributed by atoms with Gasteiger partial charge in [0.15, 0.2) is 0 Å². The van der Waals surface area contributed by atoms with Gasteiger partial charge in [0.05, 0.1) is 16.6 Å². The average Bonchev–Trinajstić information content (AvgIpc) is 2.55. The minimum Gasteiger partial charge on any atom is -0.481 e. The second-order valence-electron chi connectivity index (χ2n) is 4.90. The molecule has 0 saturated heterocycles. The van der Waals surface area contributed by atoms with Crippen LogP contribution in [0.3, 0.4) is 0 Å². The molecule has 1 fully saturated rings. The summed E-state index contributed by atoms with van der Waals surface area (Å²) >= 11 is 1.65. The molecule has 2 rings (SSSR count). The first kappa shape index (κ1) is 12.6. The normalized spacial score (nSPS) is 25.5. The number of carbonyl (C=O) groups is 1. The monoisotopic (exact) mass is 253 g/mol. The predicted octanol–water partition coefficient (Wildman–Crippen LogP) is 3.28. The summed E-state index contributed by atoms with van der Waals surface area (Å²) in [5.41, 5.74) is 1.07. The highest BCUT2D eigenvalue weighted by molar-refractivity contribution is 7.09. The van der Waals surface area contributed by atoms with E-state index in [0.29, 0.717) is 0 Å². The van der Waals surface area contributed by atoms with Crippen LogP contribution in [-0.4, -0.2) is 16.1 Å². The molecule has 0 aromatic carbocycles. The fraction of sp³-hybridized carbons (Fsp3) is 0.692. The summed E-state index contributed by atoms with van der Waals surface area (Å²) in [6.45, 7) is 2.00. The molecule has 1 aromatic heterocycles. The minimum atomic E-state index is -0.621. The molecule has 0 spiro atoms. The number of nitrogens with zero attached hydrogens (tertiary/aromatic N) is 1. The van der Waals surface area contributed by atoms with Crippen LogP contribution >= 0.6 is 11.3 Å². The molecule has 3 nitrogen and oxygen atoms in total. The molecule has 1 saturated carbocycles. The smallest absolute Gasteiger partial charge is 0.306 e. The Balaban J connectivity index is 2.07. The van der Waals surface area contributed by atoms with Gasteiger partial charge in [-0.3, -0.25) is 4.79 Å². The van der Waals surface area contributed by atoms with E-state index >= 15 is 0 Å². The highest BCUT2D eigenvalue weighted by atomic mass is 32.1. The lowest BCUT2D eigenvalue weighted by molar-refractivity contribution is -0.143. The van der Waals surface area contributed by atoms with Gasteiger partial charge in [-0.15, -0.1) is 11.3 Å². The van der Waals surface area contributed by atoms with E-state index in [-0.39, 0.29) is 11.8 Å². The van der Waals surface area contributed by atoms with Crippen molar-refractivity contribution in [3.8, 4) is 0 Å². The number of hydrogen-bond acceptors (Lipinski definition) is 3. The molecule has 4 heteroatoms. The van der Waals surface area contributed by atoms with Crippen LogP contribution < -0.4 is 0 Å². The van der Waals surface area contributed by atoms with Gasteiger partial charge in [0.2, 0.25) is 0 Å². The molecule has 1 heterocycles. The van der Waals surface area contributed by atoms with Gasteiger partial charge in [-0.05, 0) is 32.1 Å². The summed E-state index contributed by atoms with van der Waals surface area (Å²) in [4.78, 5) is 15.7. The van der Waals surface area contributed by atoms with E-state index in [9.17, 15) is 9.90 Å². The number of carboxylic acid groups (broad SMARTS) is 1. The van der Waals surface area contributed by atoms with Crippen LogP contribution in [0, 0.1) is 18.8 Å². The Morgan fingerprint density at radius 1 is 1.47 bits per heavy atom. The number of aryl methyl sites for hydroxylation is 1. The number of carboxylic acids is 1. The molecule has 0 amide bonds. The fourth-order valence-electron chi connectivity index (χ4n) is 2.72. The lowest BCUT2D eigenvalue weighted by Crippen LogP contribution is -2.24. The van der Waals surface area contributed by atoms with Crippen LogP contribution in [0.15, 0.2) is 5.38 Å². The van der Waals surface area contributed by atoms with Gasteiger partial charge in [0.25, 0.3) is 0 Å². The Kier molecular flexibility index (Phi) is 4.15. The summed E-state index contributed by atoms with van der Waals surface area (Å²) in [5, 5.41) is 12.4. The zero-order valence-corrected chi connectivity index (χ0v) is 11.0. The maximum absolute atomic E-state index is 11.3. The van der Waals surface area contributed by atoms with Crippen molar-refractivity contribution < 1.29 is 9.90 Å². The van der Waals surface area contributed by atoms with E-state index in [1.807, 2.05) is 6.92 Å². The molecular formula is C13H19NO2S. The van der Waals surface area contributed by atoms with E-state index in [2.05, 4.69) is 10.4 Å². The summed E-state index contributed by atoms with van der Waals surface area (Å²) < 4.78 is 0. The number of hydrogen-bond donors (Lipinski definition) is 1. The quantitative estimate of drug-likeness (QED) is 0.841. The topological polar surface area (TPSA) is 50.2 Å². The standard InChI is InChI=1S/C13H19NO2S/c1-9-14-11(8-17-9)7-10-5-3-2-4-6-12(10)13(15)16/h8,10,12H,2-7H2,1H3,(H,15,16). The van der Waals surface area contributed by atoms with Gasteiger partial charge >= 0.3 is 5.97 Å². The van der Waals surface area contributed by atoms with Gasteiger partial charge < -0.3 is 5.11 Å². The number of rotatable bonds is 3. The SMILES string of the molecule is Cc1nc(CC2CCCCCC2C(=O)O)cs1. The lowest BCUT2D eigenvalue weighted by Gasteiger charge is -2.20. The van der Waals surface area contributed by atoms with Gasteiger partial charge in [0, 0.05) is 5.38 Å². The second-order valence-corrected chi connectivity index (χ2v) is 5.97. The second kappa shape index (κ2) is 5.63. The largest absolute Gasteiger partial charge is 0.481 e. The summed E-state index contributed by atoms with van der Waals surface area (Å²) in [6.07, 6.45) is 6.11. The molecule has 2 unspecified atom stereocenters. The Bertz CT molecular complexity index is 389. The molecule has 0 radical (unpaired) electrons. The average molecular weight is 253 g/mol. The van der Waals surface area contributed by atoms with Crippen molar-refractivity contribution in [2.75, 3.05) is 0 Å². The predicted molar refractivity (Wildman–Crippen MR) is 68.3 cm³/mol. The first-order chi connectivity index (χ1) is 8.16. The zero-order chi connectivity index (χ0) is 12.3. The van der Waals surface area contributed by atoms with Gasteiger partial charge in [-0.1, -0.05) is 19.3 Å². The zero-order valence-electron chi connectivity index (χ0n) is 10.2. The van der Waals surface area contributed by atoms with Crippen molar-refractivity contribution in [1.29, 1.82) is 0 Å². The third-order valence-electron chi connectivity index (χ3n) is 3.61. The Hall–Kier alpha value is -0.900. The molecule has 0 aliphatic heterocycles. The molecule has 1 N–H and O–H groups in total. The molecule has 1 aliphatic carbocycles. The summed E-state index contributed by atoms with van der Waals surface area (Å²) in [7, 11) is 0. The van der Waals surface area contributed by atoms with Crippen molar-refractivity contribution >= 4 is 17.3 Å². The minimum absolute atomic E-state index is 0.167. The van der Waals surface area contributed by atoms with E-state index in [1.54, 1.807) is 11.3 Å². The van der Waals surface area contributed by atoms with Crippen LogP contribution in [0.1, 0.15) is 42.8 Å². The van der Waals surface area contributed by atoms with Crippen molar-refractivity contribution in [2.45, 2.75) is 45.4 Å². The van der Waals surface area contributed by atoms with Crippen LogP contribution in [0.5, 0.6) is 0 Å². The van der Waals surface area contributed by atoms with Gasteiger partial charge in [-0.2, -0.15) is 0 Å². The van der Waals surface area contributed by atoms with Crippen molar-refractivity contribution in [2.24, 2.45) is 11.8 Å². The maximum atomic E-state index is 11.3. The Labute approximate surface area is 106 Å². The van der Waals surface area contributed by atoms with E-state index in [1.165, 1.54) is 6.42 Å². The third kappa shape index (κ3) is 3.28. The number of aromatic nitrogens is 1. The van der Waals surface area contributed by atoms with Crippen LogP contribution in [-0.2, 0) is 11.2 Å². The maximum Gasteiger partial charge on any atom is 0.306 e. The van der Waals surface area contributed by atoms with E-state index in [4.69, 9.17) is 0 Å².